The minimum Gasteiger partial charge on any atom is -0.386 e. The van der Waals surface area contributed by atoms with Crippen molar-refractivity contribution in [2.45, 2.75) is 19.3 Å². The highest BCUT2D eigenvalue weighted by Gasteiger charge is 2.39. The van der Waals surface area contributed by atoms with E-state index in [-0.39, 0.29) is 0 Å². The maximum Gasteiger partial charge on any atom is 0.328 e. The van der Waals surface area contributed by atoms with Gasteiger partial charge in [0.2, 0.25) is 0 Å². The predicted octanol–water partition coefficient (Wildman–Crippen LogP) is 2.49. The summed E-state index contributed by atoms with van der Waals surface area (Å²) in [6.45, 7) is 0.437. The number of hydrogen-bond donors (Lipinski definition) is 0. The third-order valence-corrected chi connectivity index (χ3v) is 4.83. The Morgan fingerprint density at radius 3 is 2.79 bits per heavy atom. The average molecular weight is 243 g/mol. The van der Waals surface area contributed by atoms with Gasteiger partial charge in [-0.15, -0.1) is 0 Å². The molecule has 0 amide bonds. The monoisotopic (exact) mass is 243 g/mol. The predicted molar refractivity (Wildman–Crippen MR) is 79.0 cm³/mol. The van der Waals surface area contributed by atoms with Crippen LogP contribution in [0.25, 0.3) is 0 Å². The molecule has 1 aromatic carbocycles. The van der Waals surface area contributed by atoms with Crippen molar-refractivity contribution >= 4 is 12.3 Å². The first kappa shape index (κ1) is 9.91. The van der Waals surface area contributed by atoms with Crippen LogP contribution in [0.3, 0.4) is 0 Å². The van der Waals surface area contributed by atoms with E-state index < -0.39 is 0 Å². The summed E-state index contributed by atoms with van der Waals surface area (Å²) in [6.07, 6.45) is 10.4. The van der Waals surface area contributed by atoms with E-state index >= 15 is 0 Å². The Labute approximate surface area is 113 Å². The first-order valence-electron chi connectivity index (χ1n) is 7.07. The first-order valence-corrected chi connectivity index (χ1v) is 7.07. The smallest absolute Gasteiger partial charge is 0.328 e. The Balaban J connectivity index is 1.88. The Bertz CT molecular complexity index is 763. The summed E-state index contributed by atoms with van der Waals surface area (Å²) in [4.78, 5) is 0. The average Bonchev–Trinajstić information content (AvgIpc) is 3.05. The van der Waals surface area contributed by atoms with Crippen molar-refractivity contribution in [2.24, 2.45) is 0 Å². The van der Waals surface area contributed by atoms with Crippen molar-refractivity contribution in [1.82, 2.24) is 4.48 Å². The molecule has 1 aliphatic carbocycles. The van der Waals surface area contributed by atoms with E-state index in [9.17, 15) is 0 Å². The van der Waals surface area contributed by atoms with Crippen LogP contribution in [-0.2, 0) is 12.8 Å². The zero-order chi connectivity index (χ0) is 12.4. The molecule has 5 rings (SSSR count). The zero-order valence-corrected chi connectivity index (χ0v) is 10.8. The normalized spacial score (nSPS) is 18.4. The van der Waals surface area contributed by atoms with Gasteiger partial charge in [-0.2, -0.15) is 0 Å². The fourth-order valence-electron chi connectivity index (χ4n) is 4.04. The molecule has 0 atom stereocenters. The third-order valence-electron chi connectivity index (χ3n) is 4.83. The van der Waals surface area contributed by atoms with Gasteiger partial charge >= 0.3 is 6.85 Å². The second kappa shape index (κ2) is 3.33. The summed E-state index contributed by atoms with van der Waals surface area (Å²) in [7, 11) is 0. The number of rotatable bonds is 0. The minimum absolute atomic E-state index is 0.437. The largest absolute Gasteiger partial charge is 0.386 e. The molecule has 0 unspecified atom stereocenters. The maximum atomic E-state index is 2.48. The number of aromatic nitrogens is 1. The summed E-state index contributed by atoms with van der Waals surface area (Å²) in [6, 6.07) is 11.3. The van der Waals surface area contributed by atoms with E-state index in [1.54, 1.807) is 16.5 Å². The standard InChI is InChI=1S/C17H14BN/c1-5-13-10-12-4-2-8-16(12)18-17(13)14(6-1)11-15-7-3-9-19(15)18/h1,3-9H,2,10-11H2. The van der Waals surface area contributed by atoms with E-state index in [2.05, 4.69) is 53.2 Å². The van der Waals surface area contributed by atoms with Gasteiger partial charge in [-0.1, -0.05) is 41.4 Å². The molecule has 0 N–H and O–H groups in total. The summed E-state index contributed by atoms with van der Waals surface area (Å²) in [5, 5.41) is 0. The Morgan fingerprint density at radius 2 is 1.84 bits per heavy atom. The van der Waals surface area contributed by atoms with Crippen LogP contribution in [0.5, 0.6) is 0 Å². The van der Waals surface area contributed by atoms with Gasteiger partial charge < -0.3 is 4.48 Å². The van der Waals surface area contributed by atoms with Gasteiger partial charge in [-0.25, -0.2) is 0 Å². The van der Waals surface area contributed by atoms with Crippen molar-refractivity contribution in [2.75, 3.05) is 0 Å². The topological polar surface area (TPSA) is 4.93 Å². The number of fused-ring (bicyclic) bond motifs is 4. The van der Waals surface area contributed by atoms with Gasteiger partial charge in [0.25, 0.3) is 0 Å². The van der Waals surface area contributed by atoms with E-state index in [0.717, 1.165) is 19.3 Å². The van der Waals surface area contributed by atoms with Gasteiger partial charge in [0.1, 0.15) is 0 Å². The number of hydrogen-bond acceptors (Lipinski definition) is 0. The fourth-order valence-corrected chi connectivity index (χ4v) is 4.04. The molecule has 0 spiro atoms. The van der Waals surface area contributed by atoms with Crippen molar-refractivity contribution in [1.29, 1.82) is 0 Å². The zero-order valence-electron chi connectivity index (χ0n) is 10.8. The van der Waals surface area contributed by atoms with Crippen molar-refractivity contribution < 1.29 is 0 Å². The van der Waals surface area contributed by atoms with Crippen LogP contribution in [0.4, 0.5) is 0 Å². The molecule has 3 heterocycles. The molecule has 90 valence electrons. The van der Waals surface area contributed by atoms with Crippen molar-refractivity contribution in [3.8, 4) is 0 Å². The number of allylic oxidation sites excluding steroid dienone is 4. The van der Waals surface area contributed by atoms with Crippen LogP contribution in [0.1, 0.15) is 23.2 Å². The Morgan fingerprint density at radius 1 is 0.947 bits per heavy atom. The van der Waals surface area contributed by atoms with Crippen LogP contribution in [0.2, 0.25) is 0 Å². The van der Waals surface area contributed by atoms with Gasteiger partial charge in [-0.3, -0.25) is 0 Å². The highest BCUT2D eigenvalue weighted by atomic mass is 14.9. The van der Waals surface area contributed by atoms with Gasteiger partial charge in [0.05, 0.1) is 0 Å². The lowest BCUT2D eigenvalue weighted by Gasteiger charge is -2.34. The van der Waals surface area contributed by atoms with Crippen LogP contribution in [-0.4, -0.2) is 11.3 Å². The first-order chi connectivity index (χ1) is 9.42. The second-order valence-electron chi connectivity index (χ2n) is 5.78. The van der Waals surface area contributed by atoms with E-state index in [4.69, 9.17) is 0 Å². The van der Waals surface area contributed by atoms with Gasteiger partial charge in [-0.05, 0) is 47.8 Å². The lowest BCUT2D eigenvalue weighted by atomic mass is 9.42. The van der Waals surface area contributed by atoms with Crippen LogP contribution in [0, 0.1) is 0 Å². The Kier molecular flexibility index (Phi) is 1.73. The molecule has 0 radical (unpaired) electrons. The lowest BCUT2D eigenvalue weighted by molar-refractivity contribution is 0.988. The SMILES string of the molecule is C1=C2Cc3cccc4c3B(C2=CC1)n1cccc1C4. The lowest BCUT2D eigenvalue weighted by Crippen LogP contribution is -2.50. The molecule has 1 nitrogen and oxygen atoms in total. The molecule has 2 aliphatic heterocycles. The molecule has 0 saturated heterocycles. The molecular formula is C17H14BN. The molecule has 0 bridgehead atoms. The third kappa shape index (κ3) is 1.17. The van der Waals surface area contributed by atoms with E-state index in [0.29, 0.717) is 6.85 Å². The summed E-state index contributed by atoms with van der Waals surface area (Å²) >= 11 is 0. The number of benzene rings is 1. The molecule has 2 heteroatoms. The summed E-state index contributed by atoms with van der Waals surface area (Å²) in [5.41, 5.74) is 9.20. The second-order valence-corrected chi connectivity index (χ2v) is 5.78. The van der Waals surface area contributed by atoms with E-state index in [1.807, 2.05) is 0 Å². The van der Waals surface area contributed by atoms with Crippen LogP contribution in [0.15, 0.2) is 59.7 Å². The van der Waals surface area contributed by atoms with Gasteiger partial charge in [0.15, 0.2) is 0 Å². The van der Waals surface area contributed by atoms with Crippen LogP contribution < -0.4 is 5.46 Å². The Hall–Kier alpha value is -1.96. The molecule has 3 aliphatic rings. The van der Waals surface area contributed by atoms with E-state index in [1.165, 1.54) is 16.8 Å². The van der Waals surface area contributed by atoms with Crippen molar-refractivity contribution in [3.05, 3.63) is 76.5 Å². The molecule has 0 fully saturated rings. The number of nitrogens with zero attached hydrogens (tertiary/aromatic N) is 1. The highest BCUT2D eigenvalue weighted by molar-refractivity contribution is 6.81. The fraction of sp³-hybridized carbons (Fsp3) is 0.176. The highest BCUT2D eigenvalue weighted by Crippen LogP contribution is 2.34. The maximum absolute atomic E-state index is 2.48. The van der Waals surface area contributed by atoms with Crippen molar-refractivity contribution in [3.63, 3.8) is 0 Å². The van der Waals surface area contributed by atoms with Gasteiger partial charge in [0, 0.05) is 12.1 Å². The van der Waals surface area contributed by atoms with Crippen LogP contribution >= 0.6 is 0 Å². The minimum atomic E-state index is 0.437. The molecule has 19 heavy (non-hydrogen) atoms. The molecule has 2 aromatic rings. The summed E-state index contributed by atoms with van der Waals surface area (Å²) in [5.74, 6) is 0. The molecular weight excluding hydrogens is 229 g/mol. The molecule has 1 aromatic heterocycles. The quantitative estimate of drug-likeness (QED) is 0.626. The summed E-state index contributed by atoms with van der Waals surface area (Å²) < 4.78 is 2.48. The molecule has 0 saturated carbocycles.